The van der Waals surface area contributed by atoms with E-state index in [0.29, 0.717) is 11.3 Å². The summed E-state index contributed by atoms with van der Waals surface area (Å²) >= 11 is 1.36. The van der Waals surface area contributed by atoms with Crippen molar-refractivity contribution in [3.05, 3.63) is 47.5 Å². The first-order valence-corrected chi connectivity index (χ1v) is 6.36. The fourth-order valence-corrected chi connectivity index (χ4v) is 3.32. The molecule has 0 fully saturated rings. The lowest BCUT2D eigenvalue weighted by atomic mass is 9.87. The summed E-state index contributed by atoms with van der Waals surface area (Å²) in [5.41, 5.74) is 9.85. The Balaban J connectivity index is 2.26. The fourth-order valence-electron chi connectivity index (χ4n) is 2.47. The third-order valence-corrected chi connectivity index (χ3v) is 4.22. The Labute approximate surface area is 107 Å². The normalized spacial score (nSPS) is 12.8. The number of fused-ring (bicyclic) bond motifs is 2. The average Bonchev–Trinajstić information content (AvgIpc) is 2.84. The highest BCUT2D eigenvalue weighted by atomic mass is 32.1. The van der Waals surface area contributed by atoms with Gasteiger partial charge in [0.25, 0.3) is 0 Å². The summed E-state index contributed by atoms with van der Waals surface area (Å²) in [4.78, 5) is 12.4. The van der Waals surface area contributed by atoms with Crippen molar-refractivity contribution in [2.45, 2.75) is 0 Å². The standard InChI is InChI=1S/C14H8N2OS/c15-10-6-5-9-11-12(16-18-14(10)11)7-3-1-2-4-8(7)13(9)17/h1-6H,15H2. The molecule has 18 heavy (non-hydrogen) atoms. The molecule has 1 aliphatic carbocycles. The number of hydrogen-bond acceptors (Lipinski definition) is 4. The number of rotatable bonds is 0. The topological polar surface area (TPSA) is 56.0 Å². The lowest BCUT2D eigenvalue weighted by molar-refractivity contribution is 0.104. The van der Waals surface area contributed by atoms with Gasteiger partial charge in [0.15, 0.2) is 5.78 Å². The van der Waals surface area contributed by atoms with Gasteiger partial charge in [0, 0.05) is 22.1 Å². The Kier molecular flexibility index (Phi) is 1.73. The maximum absolute atomic E-state index is 12.4. The minimum Gasteiger partial charge on any atom is -0.398 e. The average molecular weight is 252 g/mol. The summed E-state index contributed by atoms with van der Waals surface area (Å²) in [6.45, 7) is 0. The number of carbonyl (C=O) groups excluding carboxylic acids is 1. The molecule has 0 saturated heterocycles. The highest BCUT2D eigenvalue weighted by molar-refractivity contribution is 7.14. The molecule has 0 bridgehead atoms. The van der Waals surface area contributed by atoms with E-state index in [1.54, 1.807) is 12.1 Å². The lowest BCUT2D eigenvalue weighted by Crippen LogP contribution is -2.09. The molecular formula is C14H8N2OS. The molecule has 0 spiro atoms. The zero-order valence-corrected chi connectivity index (χ0v) is 10.1. The van der Waals surface area contributed by atoms with Crippen molar-refractivity contribution >= 4 is 33.1 Å². The molecular weight excluding hydrogens is 244 g/mol. The number of benzene rings is 2. The number of carbonyl (C=O) groups is 1. The monoisotopic (exact) mass is 252 g/mol. The van der Waals surface area contributed by atoms with E-state index in [9.17, 15) is 4.79 Å². The highest BCUT2D eigenvalue weighted by Gasteiger charge is 2.27. The van der Waals surface area contributed by atoms with Crippen molar-refractivity contribution in [1.29, 1.82) is 0 Å². The summed E-state index contributed by atoms with van der Waals surface area (Å²) in [5, 5.41) is 0.906. The molecule has 0 radical (unpaired) electrons. The van der Waals surface area contributed by atoms with Crippen molar-refractivity contribution in [2.24, 2.45) is 0 Å². The maximum atomic E-state index is 12.4. The molecule has 0 unspecified atom stereocenters. The second kappa shape index (κ2) is 3.17. The number of ketones is 1. The first kappa shape index (κ1) is 9.79. The van der Waals surface area contributed by atoms with Crippen molar-refractivity contribution in [1.82, 2.24) is 4.37 Å². The molecule has 2 aromatic carbocycles. The zero-order valence-electron chi connectivity index (χ0n) is 9.31. The van der Waals surface area contributed by atoms with Crippen LogP contribution in [0.5, 0.6) is 0 Å². The molecule has 4 heteroatoms. The van der Waals surface area contributed by atoms with Crippen LogP contribution in [0.3, 0.4) is 0 Å². The number of nitrogens with two attached hydrogens (primary N) is 1. The molecule has 1 heterocycles. The van der Waals surface area contributed by atoms with Crippen molar-refractivity contribution in [3.63, 3.8) is 0 Å². The van der Waals surface area contributed by atoms with Gasteiger partial charge in [-0.1, -0.05) is 24.3 Å². The highest BCUT2D eigenvalue weighted by Crippen LogP contribution is 2.42. The first-order valence-electron chi connectivity index (χ1n) is 5.59. The summed E-state index contributed by atoms with van der Waals surface area (Å²) in [6.07, 6.45) is 0. The van der Waals surface area contributed by atoms with Gasteiger partial charge in [-0.3, -0.25) is 4.79 Å². The van der Waals surface area contributed by atoms with Crippen LogP contribution in [0.1, 0.15) is 15.9 Å². The Bertz CT molecular complexity index is 820. The number of aromatic nitrogens is 1. The summed E-state index contributed by atoms with van der Waals surface area (Å²) in [5.74, 6) is 0.0586. The zero-order chi connectivity index (χ0) is 12.3. The van der Waals surface area contributed by atoms with Gasteiger partial charge >= 0.3 is 0 Å². The number of hydrogen-bond donors (Lipinski definition) is 1. The van der Waals surface area contributed by atoms with Crippen molar-refractivity contribution < 1.29 is 4.79 Å². The number of anilines is 1. The van der Waals surface area contributed by atoms with Crippen LogP contribution in [0.2, 0.25) is 0 Å². The lowest BCUT2D eigenvalue weighted by Gasteiger charge is -2.14. The van der Waals surface area contributed by atoms with Gasteiger partial charge in [-0.25, -0.2) is 0 Å². The van der Waals surface area contributed by atoms with Gasteiger partial charge in [-0.2, -0.15) is 4.37 Å². The van der Waals surface area contributed by atoms with E-state index in [4.69, 9.17) is 5.73 Å². The summed E-state index contributed by atoms with van der Waals surface area (Å²) < 4.78 is 5.38. The predicted octanol–water partition coefficient (Wildman–Crippen LogP) is 3.09. The molecule has 1 aliphatic rings. The molecule has 0 atom stereocenters. The molecule has 1 aromatic heterocycles. The second-order valence-electron chi connectivity index (χ2n) is 4.31. The van der Waals surface area contributed by atoms with Crippen LogP contribution in [-0.4, -0.2) is 10.2 Å². The van der Waals surface area contributed by atoms with E-state index in [0.717, 1.165) is 26.9 Å². The van der Waals surface area contributed by atoms with Crippen LogP contribution in [0, 0.1) is 0 Å². The van der Waals surface area contributed by atoms with E-state index in [1.807, 2.05) is 24.3 Å². The van der Waals surface area contributed by atoms with Crippen molar-refractivity contribution in [2.75, 3.05) is 5.73 Å². The summed E-state index contributed by atoms with van der Waals surface area (Å²) in [6, 6.07) is 11.2. The molecule has 3 aromatic rings. The van der Waals surface area contributed by atoms with Crippen molar-refractivity contribution in [3.8, 4) is 11.3 Å². The molecule has 0 aliphatic heterocycles. The van der Waals surface area contributed by atoms with E-state index >= 15 is 0 Å². The fraction of sp³-hybridized carbons (Fsp3) is 0. The third-order valence-electron chi connectivity index (χ3n) is 3.32. The minimum absolute atomic E-state index is 0.0586. The van der Waals surface area contributed by atoms with Crippen LogP contribution < -0.4 is 5.73 Å². The van der Waals surface area contributed by atoms with Gasteiger partial charge < -0.3 is 5.73 Å². The van der Waals surface area contributed by atoms with E-state index in [-0.39, 0.29) is 5.78 Å². The smallest absolute Gasteiger partial charge is 0.194 e. The van der Waals surface area contributed by atoms with Crippen LogP contribution in [0.4, 0.5) is 5.69 Å². The Hall–Kier alpha value is -2.20. The third kappa shape index (κ3) is 1.03. The van der Waals surface area contributed by atoms with Crippen LogP contribution >= 0.6 is 11.5 Å². The van der Waals surface area contributed by atoms with Crippen LogP contribution in [-0.2, 0) is 0 Å². The van der Waals surface area contributed by atoms with Gasteiger partial charge in [0.05, 0.1) is 16.1 Å². The molecule has 0 amide bonds. The van der Waals surface area contributed by atoms with E-state index in [1.165, 1.54) is 11.5 Å². The largest absolute Gasteiger partial charge is 0.398 e. The Morgan fingerprint density at radius 3 is 2.61 bits per heavy atom. The first-order chi connectivity index (χ1) is 8.77. The molecule has 2 N–H and O–H groups in total. The number of nitrogens with zero attached hydrogens (tertiary/aromatic N) is 1. The second-order valence-corrected chi connectivity index (χ2v) is 5.09. The van der Waals surface area contributed by atoms with Gasteiger partial charge in [0.2, 0.25) is 0 Å². The SMILES string of the molecule is Nc1ccc2c3c(nsc13)-c1ccccc1C2=O. The summed E-state index contributed by atoms with van der Waals surface area (Å²) in [7, 11) is 0. The molecule has 4 rings (SSSR count). The van der Waals surface area contributed by atoms with Crippen LogP contribution in [0.15, 0.2) is 36.4 Å². The van der Waals surface area contributed by atoms with Gasteiger partial charge in [0.1, 0.15) is 0 Å². The van der Waals surface area contributed by atoms with E-state index in [2.05, 4.69) is 4.37 Å². The Morgan fingerprint density at radius 2 is 1.78 bits per heavy atom. The quantitative estimate of drug-likeness (QED) is 0.489. The molecule has 0 saturated carbocycles. The van der Waals surface area contributed by atoms with Gasteiger partial charge in [-0.05, 0) is 23.7 Å². The number of nitrogen functional groups attached to an aromatic ring is 1. The Morgan fingerprint density at radius 1 is 1.00 bits per heavy atom. The van der Waals surface area contributed by atoms with E-state index < -0.39 is 0 Å². The van der Waals surface area contributed by atoms with Crippen LogP contribution in [0.25, 0.3) is 21.3 Å². The predicted molar refractivity (Wildman–Crippen MR) is 72.9 cm³/mol. The molecule has 86 valence electrons. The van der Waals surface area contributed by atoms with Gasteiger partial charge in [-0.15, -0.1) is 0 Å². The maximum Gasteiger partial charge on any atom is 0.194 e. The molecule has 3 nitrogen and oxygen atoms in total. The minimum atomic E-state index is 0.0586.